The lowest BCUT2D eigenvalue weighted by Crippen LogP contribution is -2.54. The number of aliphatic hydroxyl groups excluding tert-OH is 2. The molecule has 2 spiro atoms. The summed E-state index contributed by atoms with van der Waals surface area (Å²) < 4.78 is 35.8. The molecule has 0 unspecified atom stereocenters. The van der Waals surface area contributed by atoms with Gasteiger partial charge in [-0.1, -0.05) is 138 Å². The zero-order valence-electron chi connectivity index (χ0n) is 59.9. The van der Waals surface area contributed by atoms with Crippen molar-refractivity contribution in [1.29, 1.82) is 0 Å². The molecule has 18 aliphatic rings. The third-order valence-corrected chi connectivity index (χ3v) is 32.1. The van der Waals surface area contributed by atoms with Gasteiger partial charge in [-0.3, -0.25) is 19.2 Å². The molecule has 24 atom stereocenters. The van der Waals surface area contributed by atoms with Crippen molar-refractivity contribution in [3.8, 4) is 0 Å². The Kier molecular flexibility index (Phi) is 17.2. The molecule has 0 radical (unpaired) electrons. The van der Waals surface area contributed by atoms with E-state index in [0.29, 0.717) is 76.7 Å². The van der Waals surface area contributed by atoms with Crippen molar-refractivity contribution in [2.75, 3.05) is 26.4 Å². The Morgan fingerprint density at radius 3 is 1.04 bits per heavy atom. The molecule has 0 amide bonds. The first-order valence-corrected chi connectivity index (χ1v) is 38.5. The van der Waals surface area contributed by atoms with Crippen molar-refractivity contribution < 1.29 is 57.8 Å². The zero-order chi connectivity index (χ0) is 67.4. The number of allylic oxidation sites excluding steroid dienone is 8. The lowest BCUT2D eigenvalue weighted by atomic mass is 9.49. The molecular weight excluding hydrogens is 1200 g/mol. The van der Waals surface area contributed by atoms with E-state index in [1.165, 1.54) is 81.1 Å². The summed E-state index contributed by atoms with van der Waals surface area (Å²) in [6.45, 7) is 24.9. The van der Waals surface area contributed by atoms with E-state index < -0.39 is 0 Å². The van der Waals surface area contributed by atoms with Gasteiger partial charge < -0.3 is 38.6 Å². The Morgan fingerprint density at radius 2 is 0.698 bits per heavy atom. The number of Topliss-reactive ketones (excluding diaryl/α,β-unsaturated/α-hetero) is 2. The van der Waals surface area contributed by atoms with Gasteiger partial charge in [0.1, 0.15) is 23.8 Å². The smallest absolute Gasteiger partial charge is 0.303 e. The van der Waals surface area contributed by atoms with Crippen LogP contribution in [0.2, 0.25) is 0 Å². The minimum Gasteiger partial charge on any atom is -0.458 e. The van der Waals surface area contributed by atoms with Crippen LogP contribution >= 0.6 is 0 Å². The summed E-state index contributed by atoms with van der Waals surface area (Å²) in [5.74, 6) is 7.85. The van der Waals surface area contributed by atoms with Crippen LogP contribution in [0, 0.1) is 114 Å². The number of ketones is 2. The molecule has 2 saturated heterocycles. The van der Waals surface area contributed by atoms with Crippen LogP contribution < -0.4 is 0 Å². The maximum atomic E-state index is 12.4. The average molecular weight is 1320 g/mol. The number of carbonyl (C=O) groups excluding carboxylic acids is 4. The predicted molar refractivity (Wildman–Crippen MR) is 369 cm³/mol. The van der Waals surface area contributed by atoms with Crippen molar-refractivity contribution in [1.82, 2.24) is 0 Å². The molecule has 2 aliphatic heterocycles. The van der Waals surface area contributed by atoms with Gasteiger partial charge >= 0.3 is 11.9 Å². The summed E-state index contributed by atoms with van der Waals surface area (Å²) in [5.41, 5.74) is 6.48. The Hall–Kier alpha value is -4.04. The Balaban J connectivity index is 0.000000105. The molecule has 0 bridgehead atoms. The van der Waals surface area contributed by atoms with Crippen molar-refractivity contribution in [3.05, 3.63) is 95.2 Å². The van der Waals surface area contributed by atoms with E-state index in [4.69, 9.17) is 28.4 Å². The van der Waals surface area contributed by atoms with Gasteiger partial charge in [-0.05, 0) is 199 Å². The monoisotopic (exact) mass is 1320 g/mol. The molecule has 0 aromatic carbocycles. The lowest BCUT2D eigenvalue weighted by Gasteiger charge is -2.57. The van der Waals surface area contributed by atoms with Crippen LogP contribution in [0.3, 0.4) is 0 Å². The summed E-state index contributed by atoms with van der Waals surface area (Å²) >= 11 is 0. The van der Waals surface area contributed by atoms with Crippen LogP contribution in [0.1, 0.15) is 223 Å². The molecule has 12 heteroatoms. The second-order valence-electron chi connectivity index (χ2n) is 35.9. The number of rotatable bonds is 2. The van der Waals surface area contributed by atoms with E-state index in [9.17, 15) is 29.4 Å². The lowest BCUT2D eigenvalue weighted by molar-refractivity contribution is -0.241. The quantitative estimate of drug-likeness (QED) is 0.199. The molecule has 10 fully saturated rings. The largest absolute Gasteiger partial charge is 0.458 e. The third kappa shape index (κ3) is 10.4. The van der Waals surface area contributed by atoms with E-state index >= 15 is 0 Å². The fraction of sp³-hybridized carbons (Fsp3) is 0.762. The first kappa shape index (κ1) is 67.8. The number of esters is 2. The van der Waals surface area contributed by atoms with Gasteiger partial charge in [0.15, 0.2) is 11.6 Å². The Labute approximate surface area is 573 Å². The summed E-state index contributed by atoms with van der Waals surface area (Å²) in [4.78, 5) is 47.4. The first-order chi connectivity index (χ1) is 45.7. The van der Waals surface area contributed by atoms with Gasteiger partial charge in [-0.15, -0.1) is 0 Å². The summed E-state index contributed by atoms with van der Waals surface area (Å²) in [7, 11) is 0. The highest BCUT2D eigenvalue weighted by molar-refractivity contribution is 5.87. The number of carbonyl (C=O) groups is 4. The first-order valence-electron chi connectivity index (χ1n) is 38.5. The number of hydrogen-bond acceptors (Lipinski definition) is 12. The molecule has 0 aromatic heterocycles. The van der Waals surface area contributed by atoms with Crippen LogP contribution in [0.5, 0.6) is 0 Å². The van der Waals surface area contributed by atoms with Crippen molar-refractivity contribution in [2.45, 2.75) is 259 Å². The Morgan fingerprint density at radius 1 is 0.396 bits per heavy atom. The van der Waals surface area contributed by atoms with Crippen molar-refractivity contribution in [3.63, 3.8) is 0 Å². The van der Waals surface area contributed by atoms with Gasteiger partial charge in [-0.25, -0.2) is 0 Å². The summed E-state index contributed by atoms with van der Waals surface area (Å²) in [6, 6.07) is 0. The molecular formula is C84H116O12. The molecule has 16 aliphatic carbocycles. The second kappa shape index (κ2) is 24.3. The molecule has 8 saturated carbocycles. The highest BCUT2D eigenvalue weighted by atomic mass is 16.7. The van der Waals surface area contributed by atoms with Gasteiger partial charge in [0.25, 0.3) is 0 Å². The minimum absolute atomic E-state index is 0.0409. The van der Waals surface area contributed by atoms with Gasteiger partial charge in [0, 0.05) is 95.7 Å². The van der Waals surface area contributed by atoms with Crippen LogP contribution in [0.25, 0.3) is 0 Å². The maximum Gasteiger partial charge on any atom is 0.303 e. The van der Waals surface area contributed by atoms with E-state index in [1.54, 1.807) is 0 Å². The van der Waals surface area contributed by atoms with E-state index in [-0.39, 0.29) is 91.2 Å². The molecule has 18 rings (SSSR count). The molecule has 0 aromatic rings. The number of fused-ring (bicyclic) bond motifs is 22. The number of ether oxygens (including phenoxy) is 6. The fourth-order valence-corrected chi connectivity index (χ4v) is 26.8. The molecule has 96 heavy (non-hydrogen) atoms. The van der Waals surface area contributed by atoms with E-state index in [1.807, 2.05) is 12.2 Å². The average Bonchev–Trinajstić information content (AvgIpc) is 1.54. The normalized spacial score (nSPS) is 49.2. The molecule has 12 nitrogen and oxygen atoms in total. The summed E-state index contributed by atoms with van der Waals surface area (Å²) in [5, 5.41) is 19.9. The standard InChI is InChI=1S/C23H32O4.C21H30O3.C21H28O3.C19H26O2/c1-15(24)27-17-6-9-21(2)16(14-17)4-5-18-19(21)7-10-22(3)20(18)8-11-23(22)25-12-13-26-23;1-19-8-5-15(22)13-14(19)3-4-16-17(19)6-9-20(2)18(16)7-10-21(20)23-11-12-24-21;1-13(22)24-15-8-10-20(2)14(12-15)4-5-16-17-6-7-19(23)21(17,3)11-9-18(16)20;1-18-9-7-13(20)11-12(18)3-4-14-15-5-6-17(21)19(15,2)10-8-16(14)18/h4,6,9,17-20H,5,7-8,10-14H2,1-3H3;3,5,8,15-18,22H,4,6-7,9-13H2,1-2H3;4,8,10,15-18H,5-7,9,11-12H2,1-3H3;3,7,9,13-16,20H,4-6,8,10-11H2,1-2H3/t17-,18+,19-,20-,21-,22-;15-,16+,17-,18-,19-,20-;15-,16-,17-,18-,20-,21-;13-,14-,15-,16-,18-,19-/m0000/s1. The van der Waals surface area contributed by atoms with Crippen LogP contribution in [-0.2, 0) is 47.6 Å². The maximum absolute atomic E-state index is 12.4. The van der Waals surface area contributed by atoms with E-state index in [0.717, 1.165) is 141 Å². The third-order valence-electron chi connectivity index (χ3n) is 32.1. The Bertz CT molecular complexity index is 3370. The molecule has 2 N–H and O–H groups in total. The summed E-state index contributed by atoms with van der Waals surface area (Å²) in [6.07, 6.45) is 51.9. The highest BCUT2D eigenvalue weighted by Gasteiger charge is 2.69. The van der Waals surface area contributed by atoms with Gasteiger partial charge in [0.05, 0.1) is 38.6 Å². The SMILES string of the molecule is CC(=O)O[C@H]1C=C[C@@]2(C)C(=CC[C@@H]3[C@@H]2CC[C@@]2(C)[C@H]3CCC23OCCO3)C1.CC(=O)O[C@H]1C=C[C@@]2(C)C(=CC[C@@H]3[C@@H]2CC[C@]2(C)C(=O)CC[C@@H]32)C1.C[C@]12C=C[C@H](O)CC1=CC[C@@H]1[C@@H]2CC[C@@]2(C)[C@H]1CCC21OCCO1.C[C@]12C=C[C@H](O)CC1=CC[C@@H]1[C@@H]2CC[C@]2(C)C(=O)CC[C@@H]12. The minimum atomic E-state index is -0.323. The van der Waals surface area contributed by atoms with Crippen LogP contribution in [-0.4, -0.2) is 96.1 Å². The van der Waals surface area contributed by atoms with Crippen LogP contribution in [0.15, 0.2) is 95.2 Å². The fourth-order valence-electron chi connectivity index (χ4n) is 26.8. The molecule has 524 valence electrons. The number of hydrogen-bond donors (Lipinski definition) is 2. The van der Waals surface area contributed by atoms with Gasteiger partial charge in [-0.2, -0.15) is 0 Å². The van der Waals surface area contributed by atoms with Crippen LogP contribution in [0.4, 0.5) is 0 Å². The molecule has 2 heterocycles. The van der Waals surface area contributed by atoms with E-state index in [2.05, 4.69) is 116 Å². The second-order valence-corrected chi connectivity index (χ2v) is 35.9. The highest BCUT2D eigenvalue weighted by Crippen LogP contribution is 2.71. The number of aliphatic hydroxyl groups is 2. The zero-order valence-corrected chi connectivity index (χ0v) is 59.9. The van der Waals surface area contributed by atoms with Crippen molar-refractivity contribution >= 4 is 23.5 Å². The topological polar surface area (TPSA) is 164 Å². The van der Waals surface area contributed by atoms with Gasteiger partial charge in [0.2, 0.25) is 0 Å². The predicted octanol–water partition coefficient (Wildman–Crippen LogP) is 16.1. The van der Waals surface area contributed by atoms with Crippen molar-refractivity contribution in [2.24, 2.45) is 114 Å².